The molecule has 0 bridgehead atoms. The maximum Gasteiger partial charge on any atom is 0.251 e. The molecule has 0 radical (unpaired) electrons. The van der Waals surface area contributed by atoms with Gasteiger partial charge in [0, 0.05) is 24.3 Å². The SMILES string of the molecule is CCNC(=O)c1ccc(NCc2csc(Br)c2)cc1. The highest BCUT2D eigenvalue weighted by Gasteiger charge is 2.03. The van der Waals surface area contributed by atoms with Crippen molar-refractivity contribution in [1.82, 2.24) is 5.32 Å². The molecule has 0 spiro atoms. The van der Waals surface area contributed by atoms with E-state index in [2.05, 4.69) is 38.0 Å². The van der Waals surface area contributed by atoms with Crippen LogP contribution in [0.25, 0.3) is 0 Å². The summed E-state index contributed by atoms with van der Waals surface area (Å²) in [5.41, 5.74) is 2.94. The molecule has 2 aromatic rings. The number of carbonyl (C=O) groups is 1. The number of hydrogen-bond donors (Lipinski definition) is 2. The molecule has 5 heteroatoms. The van der Waals surface area contributed by atoms with E-state index in [0.717, 1.165) is 16.0 Å². The Bertz CT molecular complexity index is 551. The lowest BCUT2D eigenvalue weighted by atomic mass is 10.2. The van der Waals surface area contributed by atoms with E-state index in [0.29, 0.717) is 12.1 Å². The predicted molar refractivity (Wildman–Crippen MR) is 83.8 cm³/mol. The molecule has 0 fully saturated rings. The molecule has 0 unspecified atom stereocenters. The first-order valence-electron chi connectivity index (χ1n) is 6.04. The van der Waals surface area contributed by atoms with Crippen molar-refractivity contribution < 1.29 is 4.79 Å². The summed E-state index contributed by atoms with van der Waals surface area (Å²) in [6.45, 7) is 3.33. The summed E-state index contributed by atoms with van der Waals surface area (Å²) in [6.07, 6.45) is 0. The van der Waals surface area contributed by atoms with Crippen molar-refractivity contribution in [3.63, 3.8) is 0 Å². The van der Waals surface area contributed by atoms with Crippen molar-refractivity contribution in [3.8, 4) is 0 Å². The first-order valence-corrected chi connectivity index (χ1v) is 7.71. The predicted octanol–water partition coefficient (Wildman–Crippen LogP) is 3.87. The number of hydrogen-bond acceptors (Lipinski definition) is 3. The van der Waals surface area contributed by atoms with Crippen LogP contribution in [-0.4, -0.2) is 12.5 Å². The quantitative estimate of drug-likeness (QED) is 0.868. The van der Waals surface area contributed by atoms with E-state index in [9.17, 15) is 4.79 Å². The molecule has 0 atom stereocenters. The van der Waals surface area contributed by atoms with Gasteiger partial charge in [-0.1, -0.05) is 0 Å². The highest BCUT2D eigenvalue weighted by molar-refractivity contribution is 9.11. The molecular formula is C14H15BrN2OS. The molecule has 19 heavy (non-hydrogen) atoms. The highest BCUT2D eigenvalue weighted by Crippen LogP contribution is 2.21. The number of nitrogens with one attached hydrogen (secondary N) is 2. The van der Waals surface area contributed by atoms with E-state index in [1.807, 2.05) is 31.2 Å². The molecule has 0 aliphatic heterocycles. The van der Waals surface area contributed by atoms with E-state index < -0.39 is 0 Å². The van der Waals surface area contributed by atoms with Crippen LogP contribution in [0.5, 0.6) is 0 Å². The van der Waals surface area contributed by atoms with E-state index in [1.165, 1.54) is 5.56 Å². The normalized spacial score (nSPS) is 10.2. The molecule has 0 aliphatic carbocycles. The van der Waals surface area contributed by atoms with Crippen LogP contribution in [-0.2, 0) is 6.54 Å². The van der Waals surface area contributed by atoms with Crippen molar-refractivity contribution in [1.29, 1.82) is 0 Å². The minimum absolute atomic E-state index is 0.0317. The molecule has 1 aromatic heterocycles. The Morgan fingerprint density at radius 3 is 2.63 bits per heavy atom. The standard InChI is InChI=1S/C14H15BrN2OS/c1-2-16-14(18)11-3-5-12(6-4-11)17-8-10-7-13(15)19-9-10/h3-7,9,17H,2,8H2,1H3,(H,16,18). The van der Waals surface area contributed by atoms with Crippen molar-refractivity contribution in [2.75, 3.05) is 11.9 Å². The maximum absolute atomic E-state index is 11.6. The maximum atomic E-state index is 11.6. The zero-order valence-electron chi connectivity index (χ0n) is 10.6. The number of rotatable bonds is 5. The third-order valence-corrected chi connectivity index (χ3v) is 4.16. The largest absolute Gasteiger partial charge is 0.381 e. The van der Waals surface area contributed by atoms with Gasteiger partial charge in [0.05, 0.1) is 3.79 Å². The van der Waals surface area contributed by atoms with Gasteiger partial charge in [-0.15, -0.1) is 11.3 Å². The first kappa shape index (κ1) is 14.1. The van der Waals surface area contributed by atoms with E-state index in [4.69, 9.17) is 0 Å². The molecule has 1 amide bonds. The van der Waals surface area contributed by atoms with E-state index >= 15 is 0 Å². The fraction of sp³-hybridized carbons (Fsp3) is 0.214. The second-order valence-corrected chi connectivity index (χ2v) is 6.34. The average molecular weight is 339 g/mol. The summed E-state index contributed by atoms with van der Waals surface area (Å²) in [7, 11) is 0. The van der Waals surface area contributed by atoms with Gasteiger partial charge in [-0.25, -0.2) is 0 Å². The first-order chi connectivity index (χ1) is 9.19. The summed E-state index contributed by atoms with van der Waals surface area (Å²) in [4.78, 5) is 11.6. The van der Waals surface area contributed by atoms with Crippen molar-refractivity contribution in [3.05, 3.63) is 50.6 Å². The molecule has 1 heterocycles. The third kappa shape index (κ3) is 4.08. The summed E-state index contributed by atoms with van der Waals surface area (Å²) >= 11 is 5.12. The van der Waals surface area contributed by atoms with Crippen LogP contribution in [0, 0.1) is 0 Å². The molecule has 0 saturated heterocycles. The minimum Gasteiger partial charge on any atom is -0.381 e. The van der Waals surface area contributed by atoms with Gasteiger partial charge in [0.15, 0.2) is 0 Å². The van der Waals surface area contributed by atoms with Crippen LogP contribution in [0.1, 0.15) is 22.8 Å². The van der Waals surface area contributed by atoms with Crippen molar-refractivity contribution in [2.24, 2.45) is 0 Å². The number of amides is 1. The van der Waals surface area contributed by atoms with Crippen LogP contribution in [0.15, 0.2) is 39.5 Å². The second kappa shape index (κ2) is 6.73. The molecule has 2 N–H and O–H groups in total. The molecule has 0 saturated carbocycles. The van der Waals surface area contributed by atoms with Gasteiger partial charge in [0.2, 0.25) is 0 Å². The fourth-order valence-electron chi connectivity index (χ4n) is 1.64. The Kier molecular flexibility index (Phi) is 4.99. The second-order valence-electron chi connectivity index (χ2n) is 4.05. The minimum atomic E-state index is -0.0317. The number of halogens is 1. The van der Waals surface area contributed by atoms with Gasteiger partial charge >= 0.3 is 0 Å². The average Bonchev–Trinajstić information content (AvgIpc) is 2.83. The smallest absolute Gasteiger partial charge is 0.251 e. The lowest BCUT2D eigenvalue weighted by Gasteiger charge is -2.06. The van der Waals surface area contributed by atoms with Crippen LogP contribution in [0.2, 0.25) is 0 Å². The Hall–Kier alpha value is -1.33. The summed E-state index contributed by atoms with van der Waals surface area (Å²) in [5.74, 6) is -0.0317. The van der Waals surface area contributed by atoms with Crippen molar-refractivity contribution in [2.45, 2.75) is 13.5 Å². The Morgan fingerprint density at radius 1 is 1.32 bits per heavy atom. The highest BCUT2D eigenvalue weighted by atomic mass is 79.9. The lowest BCUT2D eigenvalue weighted by Crippen LogP contribution is -2.22. The van der Waals surface area contributed by atoms with Crippen molar-refractivity contribution >= 4 is 38.9 Å². The number of carbonyl (C=O) groups excluding carboxylic acids is 1. The van der Waals surface area contributed by atoms with Crippen LogP contribution < -0.4 is 10.6 Å². The summed E-state index contributed by atoms with van der Waals surface area (Å²) < 4.78 is 1.14. The number of anilines is 1. The lowest BCUT2D eigenvalue weighted by molar-refractivity contribution is 0.0956. The Labute approximate surface area is 125 Å². The van der Waals surface area contributed by atoms with Crippen LogP contribution in [0.3, 0.4) is 0 Å². The van der Waals surface area contributed by atoms with Gasteiger partial charge in [0.25, 0.3) is 5.91 Å². The molecule has 0 aliphatic rings. The molecule has 1 aromatic carbocycles. The molecular weight excluding hydrogens is 324 g/mol. The molecule has 2 rings (SSSR count). The van der Waals surface area contributed by atoms with Gasteiger partial charge in [-0.2, -0.15) is 0 Å². The van der Waals surface area contributed by atoms with Gasteiger partial charge in [0.1, 0.15) is 0 Å². The van der Waals surface area contributed by atoms with Gasteiger partial charge < -0.3 is 10.6 Å². The van der Waals surface area contributed by atoms with Crippen LogP contribution >= 0.6 is 27.3 Å². The monoisotopic (exact) mass is 338 g/mol. The van der Waals surface area contributed by atoms with Gasteiger partial charge in [-0.3, -0.25) is 4.79 Å². The van der Waals surface area contributed by atoms with Crippen LogP contribution in [0.4, 0.5) is 5.69 Å². The Balaban J connectivity index is 1.93. The molecule has 3 nitrogen and oxygen atoms in total. The fourth-order valence-corrected chi connectivity index (χ4v) is 2.85. The summed E-state index contributed by atoms with van der Waals surface area (Å²) in [5, 5.41) is 8.22. The summed E-state index contributed by atoms with van der Waals surface area (Å²) in [6, 6.07) is 9.60. The topological polar surface area (TPSA) is 41.1 Å². The number of thiophene rings is 1. The molecule has 100 valence electrons. The van der Waals surface area contributed by atoms with E-state index in [-0.39, 0.29) is 5.91 Å². The Morgan fingerprint density at radius 2 is 2.05 bits per heavy atom. The van der Waals surface area contributed by atoms with Gasteiger partial charge in [-0.05, 0) is 64.1 Å². The number of benzene rings is 1. The third-order valence-electron chi connectivity index (χ3n) is 2.60. The zero-order chi connectivity index (χ0) is 13.7. The zero-order valence-corrected chi connectivity index (χ0v) is 13.0. The van der Waals surface area contributed by atoms with E-state index in [1.54, 1.807) is 11.3 Å².